The van der Waals surface area contributed by atoms with Gasteiger partial charge < -0.3 is 5.32 Å². The van der Waals surface area contributed by atoms with Crippen LogP contribution in [0.15, 0.2) is 42.5 Å². The number of hydrogen-bond acceptors (Lipinski definition) is 5. The number of carbonyl (C=O) groups excluding carboxylic acids is 1. The highest BCUT2D eigenvalue weighted by Gasteiger charge is 2.44. The lowest BCUT2D eigenvalue weighted by Gasteiger charge is -2.30. The lowest BCUT2D eigenvalue weighted by molar-refractivity contribution is -0.143. The van der Waals surface area contributed by atoms with Crippen LogP contribution in [0.1, 0.15) is 39.9 Å². The minimum absolute atomic E-state index is 0.0220. The maximum atomic E-state index is 13.4. The zero-order chi connectivity index (χ0) is 26.2. The Bertz CT molecular complexity index is 1160. The largest absolute Gasteiger partial charge is 0.416 e. The smallest absolute Gasteiger partial charge is 0.307 e. The van der Waals surface area contributed by atoms with E-state index >= 15 is 0 Å². The Hall–Kier alpha value is -2.51. The van der Waals surface area contributed by atoms with Gasteiger partial charge in [0, 0.05) is 23.6 Å². The van der Waals surface area contributed by atoms with Crippen LogP contribution in [0.5, 0.6) is 0 Å². The molecule has 0 radical (unpaired) electrons. The third-order valence-electron chi connectivity index (χ3n) is 5.75. The first-order chi connectivity index (χ1) is 16.0. The van der Waals surface area contributed by atoms with Crippen molar-refractivity contribution in [1.29, 1.82) is 0 Å². The first kappa shape index (κ1) is 27.1. The van der Waals surface area contributed by atoms with Crippen LogP contribution in [-0.2, 0) is 32.2 Å². The molecule has 3 rings (SSSR count). The van der Waals surface area contributed by atoms with Gasteiger partial charge in [-0.3, -0.25) is 8.98 Å². The Morgan fingerprint density at radius 2 is 1.57 bits per heavy atom. The average Bonchev–Trinajstić information content (AvgIpc) is 3.16. The third kappa shape index (κ3) is 6.58. The molecule has 1 aliphatic heterocycles. The lowest BCUT2D eigenvalue weighted by atomic mass is 9.81. The zero-order valence-electron chi connectivity index (χ0n) is 18.1. The van der Waals surface area contributed by atoms with E-state index in [1.165, 1.54) is 12.1 Å². The third-order valence-corrected chi connectivity index (χ3v) is 6.34. The molecule has 0 aromatic heterocycles. The van der Waals surface area contributed by atoms with E-state index in [1.807, 2.05) is 0 Å². The predicted octanol–water partition coefficient (Wildman–Crippen LogP) is 4.92. The standard InChI is InChI=1S/C22H20F7NO4S/c1-35(32,33)34-7-6-20(15-2-4-18(23)5-3-15)11-14(12-30-20)19(31)13-8-16(21(24,25)26)10-17(9-13)22(27,28)29/h2-5,8-10,14,30H,6-7,11-12H2,1H3/t14-,20+/m1/s1. The van der Waals surface area contributed by atoms with E-state index in [2.05, 4.69) is 5.32 Å². The molecule has 5 nitrogen and oxygen atoms in total. The Kier molecular flexibility index (Phi) is 7.36. The molecule has 1 N–H and O–H groups in total. The molecule has 35 heavy (non-hydrogen) atoms. The Labute approximate surface area is 196 Å². The minimum atomic E-state index is -5.11. The predicted molar refractivity (Wildman–Crippen MR) is 110 cm³/mol. The van der Waals surface area contributed by atoms with Gasteiger partial charge in [-0.15, -0.1) is 0 Å². The van der Waals surface area contributed by atoms with Gasteiger partial charge in [-0.1, -0.05) is 12.1 Å². The Morgan fingerprint density at radius 3 is 2.06 bits per heavy atom. The van der Waals surface area contributed by atoms with Crippen LogP contribution in [0.25, 0.3) is 0 Å². The molecule has 1 fully saturated rings. The number of alkyl halides is 6. The normalized spacial score (nSPS) is 21.3. The van der Waals surface area contributed by atoms with Crippen molar-refractivity contribution in [2.75, 3.05) is 19.4 Å². The summed E-state index contributed by atoms with van der Waals surface area (Å²) in [6, 6.07) is 5.74. The highest BCUT2D eigenvalue weighted by Crippen LogP contribution is 2.40. The average molecular weight is 527 g/mol. The second kappa shape index (κ2) is 9.51. The highest BCUT2D eigenvalue weighted by molar-refractivity contribution is 7.85. The monoisotopic (exact) mass is 527 g/mol. The molecule has 0 aliphatic carbocycles. The maximum Gasteiger partial charge on any atom is 0.416 e. The molecule has 2 atom stereocenters. The van der Waals surface area contributed by atoms with E-state index in [-0.39, 0.29) is 32.1 Å². The SMILES string of the molecule is CS(=O)(=O)OCC[C@@]1(c2ccc(F)cc2)C[C@@H](C(=O)c2cc(C(F)(F)F)cc(C(F)(F)F)c2)CN1. The fraction of sp³-hybridized carbons (Fsp3) is 0.409. The van der Waals surface area contributed by atoms with Gasteiger partial charge in [0.2, 0.25) is 0 Å². The molecule has 0 spiro atoms. The van der Waals surface area contributed by atoms with Crippen LogP contribution < -0.4 is 5.32 Å². The van der Waals surface area contributed by atoms with E-state index in [4.69, 9.17) is 4.18 Å². The van der Waals surface area contributed by atoms with Crippen LogP contribution in [0.2, 0.25) is 0 Å². The Balaban J connectivity index is 1.95. The zero-order valence-corrected chi connectivity index (χ0v) is 19.0. The Morgan fingerprint density at radius 1 is 1.03 bits per heavy atom. The number of halogens is 7. The molecular formula is C22H20F7NO4S. The molecule has 1 saturated heterocycles. The van der Waals surface area contributed by atoms with Gasteiger partial charge in [-0.05, 0) is 48.7 Å². The second-order valence-electron chi connectivity index (χ2n) is 8.31. The van der Waals surface area contributed by atoms with E-state index in [1.54, 1.807) is 0 Å². The second-order valence-corrected chi connectivity index (χ2v) is 9.95. The topological polar surface area (TPSA) is 72.5 Å². The van der Waals surface area contributed by atoms with Gasteiger partial charge in [0.05, 0.1) is 24.0 Å². The number of ketones is 1. The maximum absolute atomic E-state index is 13.4. The molecule has 13 heteroatoms. The van der Waals surface area contributed by atoms with Crippen molar-refractivity contribution in [2.24, 2.45) is 5.92 Å². The number of hydrogen-bond donors (Lipinski definition) is 1. The van der Waals surface area contributed by atoms with Gasteiger partial charge in [0.1, 0.15) is 5.82 Å². The molecule has 0 unspecified atom stereocenters. The van der Waals surface area contributed by atoms with Crippen LogP contribution in [0.4, 0.5) is 30.7 Å². The van der Waals surface area contributed by atoms with Crippen LogP contribution in [-0.4, -0.2) is 33.6 Å². The molecule has 1 aliphatic rings. The molecule has 0 amide bonds. The van der Waals surface area contributed by atoms with Crippen molar-refractivity contribution >= 4 is 15.9 Å². The molecule has 2 aromatic rings. The van der Waals surface area contributed by atoms with Gasteiger partial charge in [-0.2, -0.15) is 34.8 Å². The number of nitrogens with one attached hydrogen (secondary N) is 1. The lowest BCUT2D eigenvalue weighted by Crippen LogP contribution is -2.38. The summed E-state index contributed by atoms with van der Waals surface area (Å²) in [5.74, 6) is -2.55. The van der Waals surface area contributed by atoms with Crippen molar-refractivity contribution in [3.63, 3.8) is 0 Å². The number of rotatable bonds is 7. The fourth-order valence-electron chi connectivity index (χ4n) is 4.09. The quantitative estimate of drug-likeness (QED) is 0.315. The van der Waals surface area contributed by atoms with Gasteiger partial charge in [0.15, 0.2) is 5.78 Å². The number of Topliss-reactive ketones (excluding diaryl/α,β-unsaturated/α-hetero) is 1. The molecular weight excluding hydrogens is 507 g/mol. The van der Waals surface area contributed by atoms with Crippen molar-refractivity contribution in [1.82, 2.24) is 5.32 Å². The summed E-state index contributed by atoms with van der Waals surface area (Å²) in [5.41, 5.74) is -4.64. The molecule has 1 heterocycles. The van der Waals surface area contributed by atoms with Crippen molar-refractivity contribution in [2.45, 2.75) is 30.7 Å². The van der Waals surface area contributed by atoms with Gasteiger partial charge >= 0.3 is 12.4 Å². The van der Waals surface area contributed by atoms with Crippen molar-refractivity contribution < 1.29 is 48.1 Å². The first-order valence-electron chi connectivity index (χ1n) is 10.2. The van der Waals surface area contributed by atoms with Crippen LogP contribution in [0, 0.1) is 11.7 Å². The summed E-state index contributed by atoms with van der Waals surface area (Å²) >= 11 is 0. The van der Waals surface area contributed by atoms with E-state index in [0.717, 1.165) is 18.4 Å². The summed E-state index contributed by atoms with van der Waals surface area (Å²) in [6.07, 6.45) is -9.50. The summed E-state index contributed by atoms with van der Waals surface area (Å²) in [4.78, 5) is 13.0. The van der Waals surface area contributed by atoms with E-state index in [0.29, 0.717) is 17.7 Å². The summed E-state index contributed by atoms with van der Waals surface area (Å²) in [6.45, 7) is -0.446. The van der Waals surface area contributed by atoms with Crippen LogP contribution >= 0.6 is 0 Å². The highest BCUT2D eigenvalue weighted by atomic mass is 32.2. The van der Waals surface area contributed by atoms with Gasteiger partial charge in [0.25, 0.3) is 10.1 Å². The molecule has 192 valence electrons. The van der Waals surface area contributed by atoms with Gasteiger partial charge in [-0.25, -0.2) is 4.39 Å². The van der Waals surface area contributed by atoms with Crippen LogP contribution in [0.3, 0.4) is 0 Å². The summed E-state index contributed by atoms with van der Waals surface area (Å²) < 4.78 is 120. The number of carbonyl (C=O) groups is 1. The molecule has 0 bridgehead atoms. The molecule has 2 aromatic carbocycles. The fourth-order valence-corrected chi connectivity index (χ4v) is 4.48. The van der Waals surface area contributed by atoms with E-state index < -0.39 is 62.2 Å². The van der Waals surface area contributed by atoms with E-state index in [9.17, 15) is 43.9 Å². The number of benzene rings is 2. The van der Waals surface area contributed by atoms with Crippen molar-refractivity contribution in [3.05, 3.63) is 70.5 Å². The molecule has 0 saturated carbocycles. The summed E-state index contributed by atoms with van der Waals surface area (Å²) in [5, 5.41) is 3.02. The minimum Gasteiger partial charge on any atom is -0.307 e. The summed E-state index contributed by atoms with van der Waals surface area (Å²) in [7, 11) is -3.81. The first-order valence-corrected chi connectivity index (χ1v) is 12.0. The van der Waals surface area contributed by atoms with Crippen molar-refractivity contribution in [3.8, 4) is 0 Å².